The van der Waals surface area contributed by atoms with Crippen LogP contribution < -0.4 is 5.32 Å². The van der Waals surface area contributed by atoms with Gasteiger partial charge in [-0.25, -0.2) is 0 Å². The first-order valence-electron chi connectivity index (χ1n) is 7.42. The maximum atomic E-state index is 12.3. The first kappa shape index (κ1) is 18.6. The summed E-state index contributed by atoms with van der Waals surface area (Å²) in [6, 6.07) is -0.00466. The molecule has 0 saturated heterocycles. The Kier molecular flexibility index (Phi) is 6.23. The minimum atomic E-state index is -0.508. The highest BCUT2D eigenvalue weighted by molar-refractivity contribution is 5.84. The molecule has 0 unspecified atom stereocenters. The summed E-state index contributed by atoms with van der Waals surface area (Å²) < 4.78 is 1.30. The smallest absolute Gasteiger partial charge is 0.312 e. The third-order valence-electron chi connectivity index (χ3n) is 3.33. The second-order valence-corrected chi connectivity index (χ2v) is 5.56. The molecule has 9 heteroatoms. The van der Waals surface area contributed by atoms with Crippen LogP contribution in [0.4, 0.5) is 5.69 Å². The number of likely N-dealkylation sites (N-methyl/N-ethyl adjacent to an activating group) is 1. The van der Waals surface area contributed by atoms with Gasteiger partial charge in [-0.2, -0.15) is 5.10 Å². The number of carbonyl (C=O) groups excluding carboxylic acids is 2. The Bertz CT molecular complexity index is 609. The van der Waals surface area contributed by atoms with Crippen LogP contribution in [-0.4, -0.2) is 50.5 Å². The highest BCUT2D eigenvalue weighted by Crippen LogP contribution is 2.21. The summed E-state index contributed by atoms with van der Waals surface area (Å²) in [6.45, 7) is 8.71. The summed E-state index contributed by atoms with van der Waals surface area (Å²) >= 11 is 0. The molecule has 0 bridgehead atoms. The standard InChI is InChI=1S/C14H23N5O4/c1-6-17(7-12(20)15-9(2)3)13(21)8-18-11(5)14(19(22)23)10(4)16-18/h9H,6-8H2,1-5H3,(H,15,20). The monoisotopic (exact) mass is 325 g/mol. The summed E-state index contributed by atoms with van der Waals surface area (Å²) in [5.41, 5.74) is 0.503. The number of carbonyl (C=O) groups is 2. The normalized spacial score (nSPS) is 10.7. The van der Waals surface area contributed by atoms with Crippen LogP contribution in [0.25, 0.3) is 0 Å². The van der Waals surface area contributed by atoms with E-state index in [-0.39, 0.29) is 42.3 Å². The van der Waals surface area contributed by atoms with Crippen LogP contribution >= 0.6 is 0 Å². The average Bonchev–Trinajstić information content (AvgIpc) is 2.69. The summed E-state index contributed by atoms with van der Waals surface area (Å²) in [4.78, 5) is 36.0. The van der Waals surface area contributed by atoms with Crippen molar-refractivity contribution in [1.29, 1.82) is 0 Å². The molecule has 1 N–H and O–H groups in total. The molecule has 0 fully saturated rings. The van der Waals surface area contributed by atoms with E-state index in [4.69, 9.17) is 0 Å². The van der Waals surface area contributed by atoms with Gasteiger partial charge in [0.1, 0.15) is 17.9 Å². The molecule has 23 heavy (non-hydrogen) atoms. The van der Waals surface area contributed by atoms with Gasteiger partial charge in [-0.3, -0.25) is 24.4 Å². The first-order valence-corrected chi connectivity index (χ1v) is 7.42. The lowest BCUT2D eigenvalue weighted by atomic mass is 10.3. The molecule has 0 atom stereocenters. The van der Waals surface area contributed by atoms with E-state index >= 15 is 0 Å². The van der Waals surface area contributed by atoms with Crippen molar-refractivity contribution < 1.29 is 14.5 Å². The summed E-state index contributed by atoms with van der Waals surface area (Å²) in [7, 11) is 0. The van der Waals surface area contributed by atoms with Crippen molar-refractivity contribution in [3.63, 3.8) is 0 Å². The number of hydrogen-bond donors (Lipinski definition) is 1. The molecule has 0 aromatic carbocycles. The number of rotatable bonds is 7. The highest BCUT2D eigenvalue weighted by Gasteiger charge is 2.24. The molecule has 0 radical (unpaired) electrons. The van der Waals surface area contributed by atoms with E-state index in [9.17, 15) is 19.7 Å². The van der Waals surface area contributed by atoms with Crippen molar-refractivity contribution in [2.24, 2.45) is 0 Å². The Labute approximate surface area is 134 Å². The van der Waals surface area contributed by atoms with Crippen LogP contribution in [0.5, 0.6) is 0 Å². The number of amides is 2. The van der Waals surface area contributed by atoms with Crippen molar-refractivity contribution in [2.75, 3.05) is 13.1 Å². The fraction of sp³-hybridized carbons (Fsp3) is 0.643. The molecule has 0 aliphatic heterocycles. The van der Waals surface area contributed by atoms with Gasteiger partial charge >= 0.3 is 5.69 Å². The van der Waals surface area contributed by atoms with Gasteiger partial charge < -0.3 is 10.2 Å². The van der Waals surface area contributed by atoms with E-state index in [1.807, 2.05) is 13.8 Å². The number of nitrogens with zero attached hydrogens (tertiary/aromatic N) is 4. The van der Waals surface area contributed by atoms with Gasteiger partial charge in [0.2, 0.25) is 11.8 Å². The quantitative estimate of drug-likeness (QED) is 0.588. The SMILES string of the molecule is CCN(CC(=O)NC(C)C)C(=O)Cn1nc(C)c([N+](=O)[O-])c1C. The van der Waals surface area contributed by atoms with E-state index in [0.717, 1.165) is 0 Å². The predicted octanol–water partition coefficient (Wildman–Crippen LogP) is 0.781. The zero-order chi connectivity index (χ0) is 17.7. The topological polar surface area (TPSA) is 110 Å². The van der Waals surface area contributed by atoms with Gasteiger partial charge in [0, 0.05) is 12.6 Å². The highest BCUT2D eigenvalue weighted by atomic mass is 16.6. The zero-order valence-corrected chi connectivity index (χ0v) is 14.1. The molecular weight excluding hydrogens is 302 g/mol. The van der Waals surface area contributed by atoms with E-state index in [2.05, 4.69) is 10.4 Å². The summed E-state index contributed by atoms with van der Waals surface area (Å²) in [6.07, 6.45) is 0. The third-order valence-corrected chi connectivity index (χ3v) is 3.33. The van der Waals surface area contributed by atoms with E-state index < -0.39 is 4.92 Å². The van der Waals surface area contributed by atoms with Gasteiger partial charge in [0.25, 0.3) is 0 Å². The van der Waals surface area contributed by atoms with Crippen LogP contribution in [0.3, 0.4) is 0 Å². The molecule has 0 saturated carbocycles. The molecule has 1 aromatic heterocycles. The molecule has 0 spiro atoms. The lowest BCUT2D eigenvalue weighted by Gasteiger charge is -2.21. The molecule has 128 valence electrons. The molecule has 9 nitrogen and oxygen atoms in total. The maximum Gasteiger partial charge on any atom is 0.312 e. The minimum absolute atomic E-state index is 0.00466. The lowest BCUT2D eigenvalue weighted by Crippen LogP contribution is -2.43. The fourth-order valence-electron chi connectivity index (χ4n) is 2.25. The predicted molar refractivity (Wildman–Crippen MR) is 83.9 cm³/mol. The van der Waals surface area contributed by atoms with Crippen molar-refractivity contribution in [3.8, 4) is 0 Å². The molecule has 1 heterocycles. The van der Waals surface area contributed by atoms with Gasteiger partial charge in [-0.1, -0.05) is 0 Å². The van der Waals surface area contributed by atoms with Gasteiger partial charge in [-0.05, 0) is 34.6 Å². The third kappa shape index (κ3) is 4.76. The molecule has 1 aromatic rings. The molecule has 1 rings (SSSR count). The molecule has 0 aliphatic rings. The molecular formula is C14H23N5O4. The minimum Gasteiger partial charge on any atom is -0.352 e. The number of hydrogen-bond acceptors (Lipinski definition) is 5. The van der Waals surface area contributed by atoms with Crippen LogP contribution in [0.15, 0.2) is 0 Å². The van der Waals surface area contributed by atoms with Gasteiger partial charge in [0.05, 0.1) is 11.5 Å². The van der Waals surface area contributed by atoms with E-state index in [0.29, 0.717) is 12.2 Å². The van der Waals surface area contributed by atoms with E-state index in [1.54, 1.807) is 13.8 Å². The largest absolute Gasteiger partial charge is 0.352 e. The number of aromatic nitrogens is 2. The Morgan fingerprint density at radius 2 is 2.00 bits per heavy atom. The Morgan fingerprint density at radius 3 is 2.43 bits per heavy atom. The summed E-state index contributed by atoms with van der Waals surface area (Å²) in [5.74, 6) is -0.554. The van der Waals surface area contributed by atoms with Crippen LogP contribution in [0.1, 0.15) is 32.2 Å². The summed E-state index contributed by atoms with van der Waals surface area (Å²) in [5, 5.41) is 17.7. The van der Waals surface area contributed by atoms with Crippen molar-refractivity contribution >= 4 is 17.5 Å². The molecule has 2 amide bonds. The average molecular weight is 325 g/mol. The van der Waals surface area contributed by atoms with Crippen LogP contribution in [-0.2, 0) is 16.1 Å². The second-order valence-electron chi connectivity index (χ2n) is 5.56. The lowest BCUT2D eigenvalue weighted by molar-refractivity contribution is -0.386. The van der Waals surface area contributed by atoms with Crippen molar-refractivity contribution in [1.82, 2.24) is 20.0 Å². The number of aryl methyl sites for hydroxylation is 1. The van der Waals surface area contributed by atoms with Gasteiger partial charge in [0.15, 0.2) is 0 Å². The fourth-order valence-corrected chi connectivity index (χ4v) is 2.25. The van der Waals surface area contributed by atoms with Crippen LogP contribution in [0, 0.1) is 24.0 Å². The Hall–Kier alpha value is -2.45. The number of nitro groups is 1. The Balaban J connectivity index is 2.83. The molecule has 0 aliphatic carbocycles. The van der Waals surface area contributed by atoms with Crippen molar-refractivity contribution in [2.45, 2.75) is 47.2 Å². The Morgan fingerprint density at radius 1 is 1.39 bits per heavy atom. The van der Waals surface area contributed by atoms with Crippen LogP contribution in [0.2, 0.25) is 0 Å². The number of nitrogens with one attached hydrogen (secondary N) is 1. The van der Waals surface area contributed by atoms with E-state index in [1.165, 1.54) is 16.5 Å². The first-order chi connectivity index (χ1) is 10.7. The van der Waals surface area contributed by atoms with Gasteiger partial charge in [-0.15, -0.1) is 0 Å². The second kappa shape index (κ2) is 7.70. The zero-order valence-electron chi connectivity index (χ0n) is 14.1. The van der Waals surface area contributed by atoms with Crippen molar-refractivity contribution in [3.05, 3.63) is 21.5 Å². The maximum absolute atomic E-state index is 12.3.